The van der Waals surface area contributed by atoms with Crippen LogP contribution in [0.5, 0.6) is 6.01 Å². The summed E-state index contributed by atoms with van der Waals surface area (Å²) < 4.78 is 66.3. The Balaban J connectivity index is 1.45. The number of hydrogen-bond acceptors (Lipinski definition) is 8. The van der Waals surface area contributed by atoms with Gasteiger partial charge in [0.2, 0.25) is 0 Å². The molecule has 0 unspecified atom stereocenters. The number of likely N-dealkylation sites (tertiary alicyclic amines) is 1. The highest BCUT2D eigenvalue weighted by Crippen LogP contribution is 2.39. The number of likely N-dealkylation sites (N-methyl/N-ethyl adjacent to an activating group) is 1. The van der Waals surface area contributed by atoms with Crippen molar-refractivity contribution < 1.29 is 27.1 Å². The van der Waals surface area contributed by atoms with Crippen LogP contribution in [0.1, 0.15) is 36.8 Å². The van der Waals surface area contributed by atoms with Crippen LogP contribution in [0.15, 0.2) is 30.9 Å². The minimum atomic E-state index is -1.14. The second-order valence-electron chi connectivity index (χ2n) is 11.9. The molecule has 236 valence electrons. The number of alkyl halides is 1. The number of aromatic nitrogens is 3. The number of piperazine rings is 1. The first kappa shape index (κ1) is 30.7. The van der Waals surface area contributed by atoms with Gasteiger partial charge in [-0.3, -0.25) is 14.7 Å². The van der Waals surface area contributed by atoms with Crippen LogP contribution in [-0.4, -0.2) is 88.7 Å². The summed E-state index contributed by atoms with van der Waals surface area (Å²) in [6.07, 6.45) is 5.69. The number of aryl methyl sites for hydroxylation is 1. The van der Waals surface area contributed by atoms with E-state index in [9.17, 15) is 18.8 Å². The number of benzene rings is 1. The lowest BCUT2D eigenvalue weighted by Crippen LogP contribution is -2.55. The van der Waals surface area contributed by atoms with E-state index in [0.717, 1.165) is 30.4 Å². The largest absolute Gasteiger partial charge is 0.462 e. The topological polar surface area (TPSA) is 98.5 Å². The number of nitriles is 1. The summed E-state index contributed by atoms with van der Waals surface area (Å²) in [5.74, 6) is -3.62. The van der Waals surface area contributed by atoms with E-state index in [2.05, 4.69) is 21.5 Å². The molecule has 3 aromatic rings. The van der Waals surface area contributed by atoms with Crippen LogP contribution < -0.4 is 9.64 Å². The number of pyridine rings is 1. The Bertz CT molecular complexity index is 1700. The van der Waals surface area contributed by atoms with Gasteiger partial charge in [0.25, 0.3) is 5.91 Å². The van der Waals surface area contributed by atoms with Crippen LogP contribution in [0.4, 0.5) is 23.4 Å². The summed E-state index contributed by atoms with van der Waals surface area (Å²) in [7, 11) is 1.78. The number of hydrogen-bond donors (Lipinski definition) is 0. The van der Waals surface area contributed by atoms with Crippen molar-refractivity contribution >= 4 is 22.6 Å². The number of halogens is 4. The van der Waals surface area contributed by atoms with Gasteiger partial charge in [-0.05, 0) is 56.3 Å². The van der Waals surface area contributed by atoms with Gasteiger partial charge in [-0.2, -0.15) is 15.2 Å². The van der Waals surface area contributed by atoms with Crippen LogP contribution in [0.25, 0.3) is 22.0 Å². The smallest absolute Gasteiger partial charge is 0.319 e. The molecule has 4 heterocycles. The predicted octanol–water partition coefficient (Wildman–Crippen LogP) is 4.68. The van der Waals surface area contributed by atoms with E-state index in [1.807, 2.05) is 11.0 Å². The molecule has 1 amide bonds. The first-order valence-electron chi connectivity index (χ1n) is 15.1. The number of carbonyl (C=O) groups is 1. The van der Waals surface area contributed by atoms with Crippen LogP contribution in [0, 0.1) is 23.0 Å². The van der Waals surface area contributed by atoms with E-state index in [0.29, 0.717) is 12.0 Å². The van der Waals surface area contributed by atoms with Crippen molar-refractivity contribution in [1.29, 1.82) is 5.26 Å². The molecule has 0 spiro atoms. The fourth-order valence-corrected chi connectivity index (χ4v) is 6.71. The summed E-state index contributed by atoms with van der Waals surface area (Å²) in [4.78, 5) is 30.4. The summed E-state index contributed by atoms with van der Waals surface area (Å²) in [6.45, 7) is 3.58. The zero-order chi connectivity index (χ0) is 31.8. The standard InChI is InChI=1S/C32H33F4N7O2/c1-18(33)31(44)43-10-9-42(16-21(43)7-8-37)30-24-12-26(35)27(25-14-38-13-19-5-3-4-6-23(19)25)28(36)29(24)39-32(40-30)45-17-22-11-20(34)15-41(22)2/h12-14,20-22H,1,3-7,9-11,15-17H2,2H3/t20-,21+,22+/m1/s1. The van der Waals surface area contributed by atoms with E-state index < -0.39 is 35.6 Å². The molecule has 2 fully saturated rings. The Kier molecular flexibility index (Phi) is 8.59. The van der Waals surface area contributed by atoms with Crippen molar-refractivity contribution in [2.75, 3.05) is 44.7 Å². The average molecular weight is 624 g/mol. The van der Waals surface area contributed by atoms with Crippen molar-refractivity contribution in [2.45, 2.75) is 56.8 Å². The number of carbonyl (C=O) groups excluding carboxylic acids is 1. The maximum absolute atomic E-state index is 16.6. The zero-order valence-electron chi connectivity index (χ0n) is 24.9. The van der Waals surface area contributed by atoms with Gasteiger partial charge in [0.05, 0.1) is 24.1 Å². The Morgan fingerprint density at radius 3 is 2.69 bits per heavy atom. The van der Waals surface area contributed by atoms with Gasteiger partial charge >= 0.3 is 6.01 Å². The zero-order valence-corrected chi connectivity index (χ0v) is 24.9. The van der Waals surface area contributed by atoms with Gasteiger partial charge in [-0.1, -0.05) is 6.58 Å². The molecule has 0 saturated carbocycles. The Morgan fingerprint density at radius 2 is 1.96 bits per heavy atom. The number of rotatable bonds is 7. The Hall–Kier alpha value is -4.31. The van der Waals surface area contributed by atoms with Crippen molar-refractivity contribution in [3.63, 3.8) is 0 Å². The summed E-state index contributed by atoms with van der Waals surface area (Å²) in [5, 5.41) is 9.51. The Morgan fingerprint density at radius 1 is 1.16 bits per heavy atom. The third-order valence-electron chi connectivity index (χ3n) is 9.03. The number of anilines is 1. The summed E-state index contributed by atoms with van der Waals surface area (Å²) >= 11 is 0. The van der Waals surface area contributed by atoms with Gasteiger partial charge in [0, 0.05) is 55.6 Å². The molecule has 0 N–H and O–H groups in total. The molecule has 45 heavy (non-hydrogen) atoms. The monoisotopic (exact) mass is 623 g/mol. The maximum atomic E-state index is 16.6. The van der Waals surface area contributed by atoms with E-state index in [1.165, 1.54) is 17.2 Å². The first-order valence-corrected chi connectivity index (χ1v) is 15.1. The normalized spacial score (nSPS) is 21.9. The second-order valence-corrected chi connectivity index (χ2v) is 11.9. The molecule has 1 aliphatic carbocycles. The molecule has 2 aromatic heterocycles. The van der Waals surface area contributed by atoms with Gasteiger partial charge in [-0.25, -0.2) is 17.6 Å². The molecule has 6 rings (SSSR count). The van der Waals surface area contributed by atoms with Crippen LogP contribution in [0.2, 0.25) is 0 Å². The molecule has 2 aliphatic heterocycles. The van der Waals surface area contributed by atoms with Crippen molar-refractivity contribution in [3.8, 4) is 23.2 Å². The van der Waals surface area contributed by atoms with Crippen molar-refractivity contribution in [3.05, 3.63) is 53.6 Å². The number of amides is 1. The Labute approximate surface area is 258 Å². The number of ether oxygens (including phenoxy) is 1. The summed E-state index contributed by atoms with van der Waals surface area (Å²) in [6, 6.07) is 2.05. The number of nitrogens with zero attached hydrogens (tertiary/aromatic N) is 7. The highest BCUT2D eigenvalue weighted by molar-refractivity contribution is 5.95. The van der Waals surface area contributed by atoms with Gasteiger partial charge in [-0.15, -0.1) is 0 Å². The average Bonchev–Trinajstić information content (AvgIpc) is 3.36. The van der Waals surface area contributed by atoms with Gasteiger partial charge in [0.15, 0.2) is 11.6 Å². The highest BCUT2D eigenvalue weighted by atomic mass is 19.1. The van der Waals surface area contributed by atoms with Gasteiger partial charge in [0.1, 0.15) is 29.9 Å². The molecule has 2 saturated heterocycles. The van der Waals surface area contributed by atoms with Crippen LogP contribution in [-0.2, 0) is 17.6 Å². The molecule has 9 nitrogen and oxygen atoms in total. The van der Waals surface area contributed by atoms with Gasteiger partial charge < -0.3 is 14.5 Å². The molecule has 0 radical (unpaired) electrons. The SMILES string of the molecule is C=C(F)C(=O)N1CCN(c2nc(OC[C@@H]3C[C@@H](F)CN3C)nc3c(F)c(-c4cncc5c4CCCC5)c(F)cc23)C[C@@H]1CC#N. The lowest BCUT2D eigenvalue weighted by Gasteiger charge is -2.41. The predicted molar refractivity (Wildman–Crippen MR) is 159 cm³/mol. The molecule has 3 aliphatic rings. The summed E-state index contributed by atoms with van der Waals surface area (Å²) in [5.41, 5.74) is 1.79. The quantitative estimate of drug-likeness (QED) is 0.277. The minimum absolute atomic E-state index is 0.0193. The third kappa shape index (κ3) is 5.91. The molecule has 13 heteroatoms. The first-order chi connectivity index (χ1) is 21.7. The highest BCUT2D eigenvalue weighted by Gasteiger charge is 2.35. The van der Waals surface area contributed by atoms with E-state index >= 15 is 8.78 Å². The molecule has 1 aromatic carbocycles. The van der Waals surface area contributed by atoms with E-state index in [-0.39, 0.29) is 80.0 Å². The third-order valence-corrected chi connectivity index (χ3v) is 9.03. The number of fused-ring (bicyclic) bond motifs is 2. The fourth-order valence-electron chi connectivity index (χ4n) is 6.71. The van der Waals surface area contributed by atoms with Crippen LogP contribution in [0.3, 0.4) is 0 Å². The van der Waals surface area contributed by atoms with Crippen LogP contribution >= 0.6 is 0 Å². The maximum Gasteiger partial charge on any atom is 0.319 e. The van der Waals surface area contributed by atoms with E-state index in [1.54, 1.807) is 18.1 Å². The van der Waals surface area contributed by atoms with Crippen molar-refractivity contribution in [1.82, 2.24) is 24.8 Å². The minimum Gasteiger partial charge on any atom is -0.462 e. The van der Waals surface area contributed by atoms with E-state index in [4.69, 9.17) is 4.74 Å². The lowest BCUT2D eigenvalue weighted by molar-refractivity contribution is -0.131. The lowest BCUT2D eigenvalue weighted by atomic mass is 9.87. The molecule has 0 bridgehead atoms. The fraction of sp³-hybridized carbons (Fsp3) is 0.469. The molecular formula is C32H33F4N7O2. The second kappa shape index (κ2) is 12.6. The van der Waals surface area contributed by atoms with Crippen molar-refractivity contribution in [2.24, 2.45) is 0 Å². The molecule has 3 atom stereocenters. The molecular weight excluding hydrogens is 590 g/mol.